The van der Waals surface area contributed by atoms with E-state index < -0.39 is 0 Å². The van der Waals surface area contributed by atoms with Gasteiger partial charge in [-0.1, -0.05) is 6.07 Å². The Bertz CT molecular complexity index is 425. The molecule has 0 spiro atoms. The van der Waals surface area contributed by atoms with Crippen LogP contribution in [0.1, 0.15) is 11.1 Å². The van der Waals surface area contributed by atoms with Crippen molar-refractivity contribution < 1.29 is 4.74 Å². The number of rotatable bonds is 6. The van der Waals surface area contributed by atoms with E-state index in [0.717, 1.165) is 19.5 Å². The van der Waals surface area contributed by atoms with E-state index in [1.807, 2.05) is 18.3 Å². The molecule has 0 aromatic carbocycles. The molecule has 2 rings (SSSR count). The number of aromatic nitrogens is 1. The van der Waals surface area contributed by atoms with Gasteiger partial charge in [0.05, 0.1) is 7.11 Å². The van der Waals surface area contributed by atoms with Gasteiger partial charge in [-0.2, -0.15) is 11.3 Å². The number of hydrogen-bond acceptors (Lipinski definition) is 4. The number of thiophene rings is 1. The molecule has 0 atom stereocenters. The van der Waals surface area contributed by atoms with Crippen LogP contribution in [0.2, 0.25) is 0 Å². The van der Waals surface area contributed by atoms with Crippen LogP contribution >= 0.6 is 11.3 Å². The zero-order valence-electron chi connectivity index (χ0n) is 9.85. The topological polar surface area (TPSA) is 34.1 Å². The van der Waals surface area contributed by atoms with E-state index in [0.29, 0.717) is 5.88 Å². The zero-order valence-corrected chi connectivity index (χ0v) is 10.7. The van der Waals surface area contributed by atoms with Crippen molar-refractivity contribution in [1.82, 2.24) is 10.3 Å². The Kier molecular flexibility index (Phi) is 4.53. The third-order valence-corrected chi connectivity index (χ3v) is 3.24. The molecule has 4 heteroatoms. The van der Waals surface area contributed by atoms with Gasteiger partial charge in [0.15, 0.2) is 0 Å². The second kappa shape index (κ2) is 6.37. The summed E-state index contributed by atoms with van der Waals surface area (Å²) in [6, 6.07) is 6.08. The Morgan fingerprint density at radius 3 is 2.88 bits per heavy atom. The van der Waals surface area contributed by atoms with E-state index in [1.54, 1.807) is 18.4 Å². The number of nitrogens with zero attached hydrogens (tertiary/aromatic N) is 1. The van der Waals surface area contributed by atoms with Crippen molar-refractivity contribution >= 4 is 11.3 Å². The maximum Gasteiger partial charge on any atom is 0.212 e. The van der Waals surface area contributed by atoms with E-state index in [-0.39, 0.29) is 0 Å². The van der Waals surface area contributed by atoms with Crippen LogP contribution in [0.25, 0.3) is 0 Å². The molecule has 2 heterocycles. The molecule has 0 bridgehead atoms. The SMILES string of the molecule is COc1ccc(CNCCc2ccsc2)cn1. The monoisotopic (exact) mass is 248 g/mol. The molecular weight excluding hydrogens is 232 g/mol. The average molecular weight is 248 g/mol. The summed E-state index contributed by atoms with van der Waals surface area (Å²) in [7, 11) is 1.63. The molecule has 2 aromatic rings. The van der Waals surface area contributed by atoms with Crippen molar-refractivity contribution in [3.05, 3.63) is 46.3 Å². The predicted octanol–water partition coefficient (Wildman–Crippen LogP) is 2.48. The Morgan fingerprint density at radius 2 is 2.24 bits per heavy atom. The third kappa shape index (κ3) is 3.84. The minimum Gasteiger partial charge on any atom is -0.481 e. The van der Waals surface area contributed by atoms with Crippen LogP contribution in [0.4, 0.5) is 0 Å². The molecule has 0 fully saturated rings. The maximum absolute atomic E-state index is 5.01. The summed E-state index contributed by atoms with van der Waals surface area (Å²) in [6.45, 7) is 1.84. The van der Waals surface area contributed by atoms with Gasteiger partial charge in [0, 0.05) is 18.8 Å². The van der Waals surface area contributed by atoms with Gasteiger partial charge < -0.3 is 10.1 Å². The van der Waals surface area contributed by atoms with Crippen molar-refractivity contribution in [1.29, 1.82) is 0 Å². The van der Waals surface area contributed by atoms with Gasteiger partial charge in [-0.3, -0.25) is 0 Å². The molecule has 2 aromatic heterocycles. The van der Waals surface area contributed by atoms with Crippen LogP contribution in [-0.2, 0) is 13.0 Å². The van der Waals surface area contributed by atoms with Gasteiger partial charge in [-0.25, -0.2) is 4.98 Å². The van der Waals surface area contributed by atoms with Crippen LogP contribution in [0, 0.1) is 0 Å². The normalized spacial score (nSPS) is 10.4. The highest BCUT2D eigenvalue weighted by molar-refractivity contribution is 7.07. The fourth-order valence-electron chi connectivity index (χ4n) is 1.54. The third-order valence-electron chi connectivity index (χ3n) is 2.51. The molecule has 0 saturated heterocycles. The standard InChI is InChI=1S/C13H16N2OS/c1-16-13-3-2-12(9-15-13)8-14-6-4-11-5-7-17-10-11/h2-3,5,7,9-10,14H,4,6,8H2,1H3. The highest BCUT2D eigenvalue weighted by Gasteiger charge is 1.96. The zero-order chi connectivity index (χ0) is 11.9. The molecule has 0 radical (unpaired) electrons. The average Bonchev–Trinajstić information content (AvgIpc) is 2.88. The minimum atomic E-state index is 0.659. The fraction of sp³-hybridized carbons (Fsp3) is 0.308. The van der Waals surface area contributed by atoms with Crippen molar-refractivity contribution in [2.24, 2.45) is 0 Å². The molecule has 0 aliphatic carbocycles. The Hall–Kier alpha value is -1.39. The predicted molar refractivity (Wildman–Crippen MR) is 70.5 cm³/mol. The van der Waals surface area contributed by atoms with Crippen molar-refractivity contribution in [3.63, 3.8) is 0 Å². The van der Waals surface area contributed by atoms with Crippen LogP contribution < -0.4 is 10.1 Å². The Balaban J connectivity index is 1.70. The van der Waals surface area contributed by atoms with E-state index in [1.165, 1.54) is 11.1 Å². The summed E-state index contributed by atoms with van der Waals surface area (Å²) in [6.07, 6.45) is 2.92. The van der Waals surface area contributed by atoms with E-state index in [4.69, 9.17) is 4.74 Å². The highest BCUT2D eigenvalue weighted by Crippen LogP contribution is 2.07. The van der Waals surface area contributed by atoms with Gasteiger partial charge in [0.2, 0.25) is 5.88 Å². The second-order valence-electron chi connectivity index (χ2n) is 3.77. The van der Waals surface area contributed by atoms with Gasteiger partial charge in [-0.15, -0.1) is 0 Å². The van der Waals surface area contributed by atoms with Gasteiger partial charge in [0.1, 0.15) is 0 Å². The van der Waals surface area contributed by atoms with Gasteiger partial charge in [-0.05, 0) is 40.9 Å². The van der Waals surface area contributed by atoms with Crippen LogP contribution in [0.3, 0.4) is 0 Å². The summed E-state index contributed by atoms with van der Waals surface area (Å²) in [4.78, 5) is 4.17. The number of pyridine rings is 1. The lowest BCUT2D eigenvalue weighted by atomic mass is 10.2. The summed E-state index contributed by atoms with van der Waals surface area (Å²) in [5.74, 6) is 0.659. The summed E-state index contributed by atoms with van der Waals surface area (Å²) in [5, 5.41) is 7.71. The van der Waals surface area contributed by atoms with Gasteiger partial charge >= 0.3 is 0 Å². The largest absolute Gasteiger partial charge is 0.481 e. The Labute approximate surface area is 105 Å². The van der Waals surface area contributed by atoms with Crippen LogP contribution in [0.15, 0.2) is 35.2 Å². The smallest absolute Gasteiger partial charge is 0.212 e. The Morgan fingerprint density at radius 1 is 1.29 bits per heavy atom. The number of methoxy groups -OCH3 is 1. The molecular formula is C13H16N2OS. The minimum absolute atomic E-state index is 0.659. The molecule has 3 nitrogen and oxygen atoms in total. The first-order valence-electron chi connectivity index (χ1n) is 5.59. The van der Waals surface area contributed by atoms with Crippen molar-refractivity contribution in [2.45, 2.75) is 13.0 Å². The van der Waals surface area contributed by atoms with Crippen molar-refractivity contribution in [3.8, 4) is 5.88 Å². The van der Waals surface area contributed by atoms with Crippen LogP contribution in [0.5, 0.6) is 5.88 Å². The molecule has 1 N–H and O–H groups in total. The fourth-order valence-corrected chi connectivity index (χ4v) is 2.24. The quantitative estimate of drug-likeness (QED) is 0.797. The first-order valence-corrected chi connectivity index (χ1v) is 6.53. The molecule has 90 valence electrons. The van der Waals surface area contributed by atoms with Crippen LogP contribution in [-0.4, -0.2) is 18.6 Å². The molecule has 0 unspecified atom stereocenters. The van der Waals surface area contributed by atoms with E-state index >= 15 is 0 Å². The summed E-state index contributed by atoms with van der Waals surface area (Å²) < 4.78 is 5.01. The highest BCUT2D eigenvalue weighted by atomic mass is 32.1. The number of nitrogens with one attached hydrogen (secondary N) is 1. The molecule has 17 heavy (non-hydrogen) atoms. The molecule has 0 aliphatic rings. The van der Waals surface area contributed by atoms with Crippen molar-refractivity contribution in [2.75, 3.05) is 13.7 Å². The van der Waals surface area contributed by atoms with E-state index in [9.17, 15) is 0 Å². The maximum atomic E-state index is 5.01. The molecule has 0 saturated carbocycles. The lowest BCUT2D eigenvalue weighted by Crippen LogP contribution is -2.16. The lowest BCUT2D eigenvalue weighted by molar-refractivity contribution is 0.397. The second-order valence-corrected chi connectivity index (χ2v) is 4.55. The summed E-state index contributed by atoms with van der Waals surface area (Å²) in [5.41, 5.74) is 2.58. The number of ether oxygens (including phenoxy) is 1. The summed E-state index contributed by atoms with van der Waals surface area (Å²) >= 11 is 1.75. The van der Waals surface area contributed by atoms with E-state index in [2.05, 4.69) is 27.1 Å². The number of hydrogen-bond donors (Lipinski definition) is 1. The first-order chi connectivity index (χ1) is 8.38. The molecule has 0 amide bonds. The van der Waals surface area contributed by atoms with Gasteiger partial charge in [0.25, 0.3) is 0 Å². The lowest BCUT2D eigenvalue weighted by Gasteiger charge is -2.04. The first kappa shape index (κ1) is 12.1. The molecule has 0 aliphatic heterocycles.